The van der Waals surface area contributed by atoms with E-state index in [1.54, 1.807) is 11.3 Å². The standard InChI is InChI=1S/C18H20N3S/c1-13-5-10-16-17(11-13)22-18(21(16)4)19-12-14-6-8-15(9-7-14)20(2)3/h5-12H,1-4H3/q+1. The van der Waals surface area contributed by atoms with Crippen molar-refractivity contribution >= 4 is 38.6 Å². The maximum absolute atomic E-state index is 4.66. The topological polar surface area (TPSA) is 19.5 Å². The predicted octanol–water partition coefficient (Wildman–Crippen LogP) is 3.85. The van der Waals surface area contributed by atoms with Gasteiger partial charge in [0.15, 0.2) is 0 Å². The third-order valence-corrected chi connectivity index (χ3v) is 4.81. The van der Waals surface area contributed by atoms with Crippen LogP contribution in [0.25, 0.3) is 10.2 Å². The molecule has 3 nitrogen and oxygen atoms in total. The van der Waals surface area contributed by atoms with Gasteiger partial charge in [-0.2, -0.15) is 0 Å². The van der Waals surface area contributed by atoms with Crippen molar-refractivity contribution in [3.8, 4) is 0 Å². The minimum atomic E-state index is 1.01. The van der Waals surface area contributed by atoms with E-state index in [9.17, 15) is 0 Å². The second-order valence-electron chi connectivity index (χ2n) is 5.66. The fourth-order valence-electron chi connectivity index (χ4n) is 2.35. The number of aryl methyl sites for hydroxylation is 2. The Kier molecular flexibility index (Phi) is 3.94. The zero-order chi connectivity index (χ0) is 15.7. The summed E-state index contributed by atoms with van der Waals surface area (Å²) < 4.78 is 3.42. The van der Waals surface area contributed by atoms with Crippen LogP contribution >= 0.6 is 11.3 Å². The fourth-order valence-corrected chi connectivity index (χ4v) is 3.44. The first-order valence-corrected chi connectivity index (χ1v) is 8.07. The second kappa shape index (κ2) is 5.89. The molecule has 2 aromatic carbocycles. The highest BCUT2D eigenvalue weighted by atomic mass is 32.1. The van der Waals surface area contributed by atoms with E-state index in [2.05, 4.69) is 70.9 Å². The second-order valence-corrected chi connectivity index (χ2v) is 6.67. The van der Waals surface area contributed by atoms with Gasteiger partial charge in [0, 0.05) is 25.3 Å². The van der Waals surface area contributed by atoms with Crippen LogP contribution in [0.15, 0.2) is 47.5 Å². The van der Waals surface area contributed by atoms with E-state index in [-0.39, 0.29) is 0 Å². The summed E-state index contributed by atoms with van der Waals surface area (Å²) in [6, 6.07) is 14.9. The number of rotatable bonds is 3. The van der Waals surface area contributed by atoms with Crippen molar-refractivity contribution in [3.05, 3.63) is 53.6 Å². The first kappa shape index (κ1) is 14.7. The lowest BCUT2D eigenvalue weighted by Gasteiger charge is -2.11. The molecule has 0 N–H and O–H groups in total. The van der Waals surface area contributed by atoms with Crippen LogP contribution < -0.4 is 9.47 Å². The first-order chi connectivity index (χ1) is 10.5. The Morgan fingerprint density at radius 2 is 1.82 bits per heavy atom. The molecular weight excluding hydrogens is 290 g/mol. The summed E-state index contributed by atoms with van der Waals surface area (Å²) in [4.78, 5) is 6.75. The molecule has 3 rings (SSSR count). The number of aliphatic imine (C=N–C) groups is 1. The van der Waals surface area contributed by atoms with Crippen LogP contribution in [0.3, 0.4) is 0 Å². The van der Waals surface area contributed by atoms with Gasteiger partial charge >= 0.3 is 5.13 Å². The van der Waals surface area contributed by atoms with Gasteiger partial charge in [-0.05, 0) is 65.2 Å². The van der Waals surface area contributed by atoms with E-state index in [0.29, 0.717) is 0 Å². The molecule has 22 heavy (non-hydrogen) atoms. The molecule has 0 unspecified atom stereocenters. The quantitative estimate of drug-likeness (QED) is 0.531. The van der Waals surface area contributed by atoms with E-state index < -0.39 is 0 Å². The number of hydrogen-bond donors (Lipinski definition) is 0. The highest BCUT2D eigenvalue weighted by Crippen LogP contribution is 2.26. The third kappa shape index (κ3) is 2.88. The van der Waals surface area contributed by atoms with Gasteiger partial charge in [-0.25, -0.2) is 4.57 Å². The molecule has 0 radical (unpaired) electrons. The van der Waals surface area contributed by atoms with Gasteiger partial charge in [0.05, 0.1) is 11.7 Å². The number of fused-ring (bicyclic) bond motifs is 1. The normalized spacial score (nSPS) is 11.5. The van der Waals surface area contributed by atoms with E-state index in [1.807, 2.05) is 20.3 Å². The molecular formula is C18H20N3S+. The van der Waals surface area contributed by atoms with Gasteiger partial charge in [0.2, 0.25) is 0 Å². The molecule has 0 bridgehead atoms. The maximum Gasteiger partial charge on any atom is 0.382 e. The highest BCUT2D eigenvalue weighted by Gasteiger charge is 2.14. The monoisotopic (exact) mass is 310 g/mol. The number of aromatic nitrogens is 1. The number of thiazole rings is 1. The molecule has 0 amide bonds. The average molecular weight is 310 g/mol. The van der Waals surface area contributed by atoms with Gasteiger partial charge < -0.3 is 4.90 Å². The first-order valence-electron chi connectivity index (χ1n) is 7.25. The van der Waals surface area contributed by atoms with Crippen LogP contribution in [0.4, 0.5) is 10.8 Å². The van der Waals surface area contributed by atoms with Crippen LogP contribution in [0.2, 0.25) is 0 Å². The van der Waals surface area contributed by atoms with E-state index in [1.165, 1.54) is 21.5 Å². The zero-order valence-corrected chi connectivity index (χ0v) is 14.2. The zero-order valence-electron chi connectivity index (χ0n) is 13.4. The van der Waals surface area contributed by atoms with Gasteiger partial charge in [0.25, 0.3) is 0 Å². The minimum absolute atomic E-state index is 1.01. The summed E-state index contributed by atoms with van der Waals surface area (Å²) in [5.41, 5.74) is 4.81. The molecule has 0 saturated carbocycles. The van der Waals surface area contributed by atoms with E-state index in [0.717, 1.165) is 10.7 Å². The lowest BCUT2D eigenvalue weighted by atomic mass is 10.2. The molecule has 0 aliphatic rings. The molecule has 0 saturated heterocycles. The summed E-state index contributed by atoms with van der Waals surface area (Å²) in [5, 5.41) is 1.01. The van der Waals surface area contributed by atoms with Crippen molar-refractivity contribution < 1.29 is 4.57 Å². The van der Waals surface area contributed by atoms with Crippen LogP contribution in [0, 0.1) is 6.92 Å². The fraction of sp³-hybridized carbons (Fsp3) is 0.222. The summed E-state index contributed by atoms with van der Waals surface area (Å²) in [6.07, 6.45) is 1.93. The summed E-state index contributed by atoms with van der Waals surface area (Å²) in [6.45, 7) is 2.12. The number of benzene rings is 2. The predicted molar refractivity (Wildman–Crippen MR) is 95.8 cm³/mol. The lowest BCUT2D eigenvalue weighted by Crippen LogP contribution is -2.25. The molecule has 3 aromatic rings. The Labute approximate surface area is 135 Å². The van der Waals surface area contributed by atoms with Gasteiger partial charge in [0.1, 0.15) is 11.7 Å². The van der Waals surface area contributed by atoms with Crippen molar-refractivity contribution in [2.75, 3.05) is 19.0 Å². The average Bonchev–Trinajstić information content (AvgIpc) is 2.81. The Morgan fingerprint density at radius 1 is 1.09 bits per heavy atom. The summed E-state index contributed by atoms with van der Waals surface area (Å²) in [5.74, 6) is 0. The van der Waals surface area contributed by atoms with Crippen molar-refractivity contribution in [2.24, 2.45) is 12.0 Å². The maximum atomic E-state index is 4.66. The van der Waals surface area contributed by atoms with E-state index in [4.69, 9.17) is 0 Å². The molecule has 112 valence electrons. The Hall–Kier alpha value is -2.20. The molecule has 0 spiro atoms. The number of nitrogens with zero attached hydrogens (tertiary/aromatic N) is 3. The van der Waals surface area contributed by atoms with Crippen LogP contribution in [0.5, 0.6) is 0 Å². The van der Waals surface area contributed by atoms with E-state index >= 15 is 0 Å². The van der Waals surface area contributed by atoms with Crippen molar-refractivity contribution in [1.82, 2.24) is 0 Å². The molecule has 0 fully saturated rings. The highest BCUT2D eigenvalue weighted by molar-refractivity contribution is 7.21. The minimum Gasteiger partial charge on any atom is -0.378 e. The van der Waals surface area contributed by atoms with Crippen molar-refractivity contribution in [1.29, 1.82) is 0 Å². The lowest BCUT2D eigenvalue weighted by molar-refractivity contribution is -0.627. The Bertz CT molecular complexity index is 829. The van der Waals surface area contributed by atoms with Crippen molar-refractivity contribution in [2.45, 2.75) is 6.92 Å². The van der Waals surface area contributed by atoms with Gasteiger partial charge in [-0.15, -0.1) is 0 Å². The van der Waals surface area contributed by atoms with Crippen LogP contribution in [0.1, 0.15) is 11.1 Å². The van der Waals surface area contributed by atoms with Crippen molar-refractivity contribution in [3.63, 3.8) is 0 Å². The molecule has 1 aromatic heterocycles. The molecule has 0 atom stereocenters. The number of hydrogen-bond acceptors (Lipinski definition) is 3. The molecule has 4 heteroatoms. The Balaban J connectivity index is 1.90. The van der Waals surface area contributed by atoms with Gasteiger partial charge in [-0.1, -0.05) is 6.07 Å². The summed E-state index contributed by atoms with van der Waals surface area (Å²) >= 11 is 1.72. The van der Waals surface area contributed by atoms with Crippen LogP contribution in [-0.2, 0) is 7.05 Å². The summed E-state index contributed by atoms with van der Waals surface area (Å²) in [7, 11) is 6.15. The smallest absolute Gasteiger partial charge is 0.378 e. The number of anilines is 1. The van der Waals surface area contributed by atoms with Gasteiger partial charge in [-0.3, -0.25) is 0 Å². The SMILES string of the molecule is Cc1ccc2c(c1)sc(/N=C/c1ccc(N(C)C)cc1)[n+]2C. The molecule has 0 aliphatic carbocycles. The molecule has 0 aliphatic heterocycles. The van der Waals surface area contributed by atoms with Crippen LogP contribution in [-0.4, -0.2) is 20.3 Å². The largest absolute Gasteiger partial charge is 0.382 e. The Morgan fingerprint density at radius 3 is 2.50 bits per heavy atom. The third-order valence-electron chi connectivity index (χ3n) is 3.70. The molecule has 1 heterocycles.